The van der Waals surface area contributed by atoms with E-state index in [0.717, 1.165) is 49.4 Å². The maximum atomic E-state index is 12.6. The molecule has 0 aromatic carbocycles. The van der Waals surface area contributed by atoms with Gasteiger partial charge < -0.3 is 15.0 Å². The molecule has 1 unspecified atom stereocenters. The van der Waals surface area contributed by atoms with E-state index in [1.54, 1.807) is 19.3 Å². The molecular weight excluding hydrogens is 394 g/mol. The fourth-order valence-electron chi connectivity index (χ4n) is 4.06. The first kappa shape index (κ1) is 21.4. The lowest BCUT2D eigenvalue weighted by molar-refractivity contribution is -0.135. The fraction of sp³-hybridized carbons (Fsp3) is 0.478. The number of carbonyl (C=O) groups is 2. The Morgan fingerprint density at radius 1 is 1.13 bits per heavy atom. The number of hydrogen-bond donors (Lipinski definition) is 1. The molecule has 0 radical (unpaired) electrons. The van der Waals surface area contributed by atoms with Crippen molar-refractivity contribution in [3.63, 3.8) is 0 Å². The summed E-state index contributed by atoms with van der Waals surface area (Å²) in [6, 6.07) is 9.35. The summed E-state index contributed by atoms with van der Waals surface area (Å²) in [5.74, 6) is -0.00704. The number of hydrogen-bond acceptors (Lipinski definition) is 6. The van der Waals surface area contributed by atoms with Crippen LogP contribution in [0.5, 0.6) is 0 Å². The number of morpholine rings is 1. The Kier molecular flexibility index (Phi) is 6.89. The topological polar surface area (TPSA) is 87.7 Å². The van der Waals surface area contributed by atoms with Crippen molar-refractivity contribution in [1.29, 1.82) is 0 Å². The van der Waals surface area contributed by atoms with Crippen LogP contribution in [0.4, 0.5) is 0 Å². The third-order valence-corrected chi connectivity index (χ3v) is 5.84. The summed E-state index contributed by atoms with van der Waals surface area (Å²) >= 11 is 0. The number of nitrogens with zero attached hydrogens (tertiary/aromatic N) is 4. The Bertz CT molecular complexity index is 912. The van der Waals surface area contributed by atoms with Crippen LogP contribution in [-0.2, 0) is 9.53 Å². The van der Waals surface area contributed by atoms with Crippen molar-refractivity contribution < 1.29 is 14.3 Å². The number of nitrogens with one attached hydrogen (secondary N) is 1. The molecule has 2 amide bonds. The molecule has 2 fully saturated rings. The number of amides is 2. The van der Waals surface area contributed by atoms with Gasteiger partial charge in [-0.3, -0.25) is 19.5 Å². The van der Waals surface area contributed by atoms with E-state index in [1.165, 1.54) is 6.42 Å². The van der Waals surface area contributed by atoms with Crippen LogP contribution in [0.2, 0.25) is 0 Å². The van der Waals surface area contributed by atoms with E-state index in [2.05, 4.69) is 15.2 Å². The first-order chi connectivity index (χ1) is 15.1. The first-order valence-corrected chi connectivity index (χ1v) is 10.9. The monoisotopic (exact) mass is 423 g/mol. The molecule has 4 heterocycles. The van der Waals surface area contributed by atoms with E-state index < -0.39 is 0 Å². The third kappa shape index (κ3) is 5.26. The molecule has 0 saturated carbocycles. The molecule has 2 aromatic heterocycles. The molecule has 2 aliphatic rings. The van der Waals surface area contributed by atoms with Gasteiger partial charge in [0, 0.05) is 45.0 Å². The zero-order chi connectivity index (χ0) is 21.6. The van der Waals surface area contributed by atoms with Crippen molar-refractivity contribution in [2.75, 3.05) is 46.4 Å². The van der Waals surface area contributed by atoms with Gasteiger partial charge in [0.2, 0.25) is 5.91 Å². The second-order valence-corrected chi connectivity index (χ2v) is 7.99. The molecule has 2 aromatic rings. The highest BCUT2D eigenvalue weighted by molar-refractivity contribution is 5.92. The summed E-state index contributed by atoms with van der Waals surface area (Å²) in [7, 11) is 1.58. The Balaban J connectivity index is 1.42. The molecule has 164 valence electrons. The largest absolute Gasteiger partial charge is 0.369 e. The van der Waals surface area contributed by atoms with E-state index in [1.807, 2.05) is 29.2 Å². The van der Waals surface area contributed by atoms with Crippen LogP contribution >= 0.6 is 0 Å². The van der Waals surface area contributed by atoms with Crippen LogP contribution in [0.15, 0.2) is 36.5 Å². The van der Waals surface area contributed by atoms with E-state index in [0.29, 0.717) is 25.4 Å². The van der Waals surface area contributed by atoms with Gasteiger partial charge in [-0.1, -0.05) is 6.07 Å². The molecule has 8 heteroatoms. The predicted octanol–water partition coefficient (Wildman–Crippen LogP) is 1.89. The number of aromatic nitrogens is 2. The van der Waals surface area contributed by atoms with E-state index >= 15 is 0 Å². The second kappa shape index (κ2) is 9.98. The standard InChI is InChI=1S/C23H29N5O3/c1-24-23(30)20-9-8-17(14-25-20)18-6-5-7-19(26-18)21-15-27(12-13-31-21)16-22(29)28-10-3-2-4-11-28/h5-9,14,21H,2-4,10-13,15-16H2,1H3,(H,24,30). The zero-order valence-corrected chi connectivity index (χ0v) is 17.9. The predicted molar refractivity (Wildman–Crippen MR) is 116 cm³/mol. The van der Waals surface area contributed by atoms with Crippen LogP contribution < -0.4 is 5.32 Å². The third-order valence-electron chi connectivity index (χ3n) is 5.84. The van der Waals surface area contributed by atoms with Crippen molar-refractivity contribution >= 4 is 11.8 Å². The molecule has 0 aliphatic carbocycles. The SMILES string of the molecule is CNC(=O)c1ccc(-c2cccc(C3CN(CC(=O)N4CCCCC4)CCO3)n2)cn1. The van der Waals surface area contributed by atoms with Gasteiger partial charge in [0.15, 0.2) is 0 Å². The summed E-state index contributed by atoms with van der Waals surface area (Å²) in [6.07, 6.45) is 4.90. The molecule has 0 bridgehead atoms. The maximum Gasteiger partial charge on any atom is 0.269 e. The lowest BCUT2D eigenvalue weighted by atomic mass is 10.1. The van der Waals surface area contributed by atoms with E-state index in [-0.39, 0.29) is 17.9 Å². The Labute approximate surface area is 182 Å². The summed E-state index contributed by atoms with van der Waals surface area (Å²) in [4.78, 5) is 37.5. The average molecular weight is 424 g/mol. The number of likely N-dealkylation sites (tertiary alicyclic amines) is 1. The van der Waals surface area contributed by atoms with Crippen LogP contribution in [0, 0.1) is 0 Å². The van der Waals surface area contributed by atoms with Crippen molar-refractivity contribution in [2.45, 2.75) is 25.4 Å². The van der Waals surface area contributed by atoms with E-state index in [9.17, 15) is 9.59 Å². The minimum atomic E-state index is -0.219. The molecule has 0 spiro atoms. The van der Waals surface area contributed by atoms with Gasteiger partial charge in [0.25, 0.3) is 5.91 Å². The Hall–Kier alpha value is -2.84. The number of carbonyl (C=O) groups excluding carboxylic acids is 2. The van der Waals surface area contributed by atoms with Gasteiger partial charge in [-0.25, -0.2) is 4.98 Å². The van der Waals surface area contributed by atoms with Gasteiger partial charge in [0.1, 0.15) is 11.8 Å². The fourth-order valence-corrected chi connectivity index (χ4v) is 4.06. The van der Waals surface area contributed by atoms with Crippen molar-refractivity contribution in [3.05, 3.63) is 47.9 Å². The molecule has 1 N–H and O–H groups in total. The van der Waals surface area contributed by atoms with Gasteiger partial charge in [-0.2, -0.15) is 0 Å². The van der Waals surface area contributed by atoms with Crippen molar-refractivity contribution in [3.8, 4) is 11.3 Å². The minimum absolute atomic E-state index is 0.180. The minimum Gasteiger partial charge on any atom is -0.369 e. The summed E-state index contributed by atoms with van der Waals surface area (Å²) in [5, 5.41) is 2.57. The maximum absolute atomic E-state index is 12.6. The highest BCUT2D eigenvalue weighted by atomic mass is 16.5. The average Bonchev–Trinajstić information content (AvgIpc) is 2.84. The number of rotatable bonds is 5. The number of pyridine rings is 2. The van der Waals surface area contributed by atoms with Crippen molar-refractivity contribution in [2.24, 2.45) is 0 Å². The molecule has 8 nitrogen and oxygen atoms in total. The molecule has 31 heavy (non-hydrogen) atoms. The van der Waals surface area contributed by atoms with Crippen LogP contribution in [0.1, 0.15) is 41.5 Å². The second-order valence-electron chi connectivity index (χ2n) is 7.99. The van der Waals surface area contributed by atoms with Gasteiger partial charge >= 0.3 is 0 Å². The molecule has 1 atom stereocenters. The summed E-state index contributed by atoms with van der Waals surface area (Å²) in [5.41, 5.74) is 2.82. The molecular formula is C23H29N5O3. The van der Waals surface area contributed by atoms with Crippen LogP contribution in [0.3, 0.4) is 0 Å². The quantitative estimate of drug-likeness (QED) is 0.790. The zero-order valence-electron chi connectivity index (χ0n) is 17.9. The molecule has 2 saturated heterocycles. The van der Waals surface area contributed by atoms with Crippen LogP contribution in [0.25, 0.3) is 11.3 Å². The molecule has 2 aliphatic heterocycles. The normalized spacial score (nSPS) is 19.8. The first-order valence-electron chi connectivity index (χ1n) is 10.9. The summed E-state index contributed by atoms with van der Waals surface area (Å²) in [6.45, 7) is 4.16. The summed E-state index contributed by atoms with van der Waals surface area (Å²) < 4.78 is 5.98. The van der Waals surface area contributed by atoms with Crippen molar-refractivity contribution in [1.82, 2.24) is 25.1 Å². The molecule has 4 rings (SSSR count). The van der Waals surface area contributed by atoms with Crippen LogP contribution in [-0.4, -0.2) is 78.0 Å². The van der Waals surface area contributed by atoms with E-state index in [4.69, 9.17) is 9.72 Å². The Morgan fingerprint density at radius 2 is 1.97 bits per heavy atom. The highest BCUT2D eigenvalue weighted by Crippen LogP contribution is 2.24. The Morgan fingerprint density at radius 3 is 2.71 bits per heavy atom. The van der Waals surface area contributed by atoms with Gasteiger partial charge in [0.05, 0.1) is 24.5 Å². The van der Waals surface area contributed by atoms with Gasteiger partial charge in [-0.05, 0) is 43.5 Å². The smallest absolute Gasteiger partial charge is 0.269 e. The lowest BCUT2D eigenvalue weighted by Gasteiger charge is -2.34. The number of ether oxygens (including phenoxy) is 1. The highest BCUT2D eigenvalue weighted by Gasteiger charge is 2.26. The lowest BCUT2D eigenvalue weighted by Crippen LogP contribution is -2.46. The van der Waals surface area contributed by atoms with Gasteiger partial charge in [-0.15, -0.1) is 0 Å². The number of piperidine rings is 1.